The van der Waals surface area contributed by atoms with Gasteiger partial charge in [0.05, 0.1) is 21.3 Å². The topological polar surface area (TPSA) is 44.8 Å². The minimum atomic E-state index is -0.606. The average Bonchev–Trinajstić information content (AvgIpc) is 2.27. The summed E-state index contributed by atoms with van der Waals surface area (Å²) < 4.78 is 27.4. The first-order valence-electron chi connectivity index (χ1n) is 4.14. The second-order valence-electron chi connectivity index (χ2n) is 2.65. The Morgan fingerprint density at radius 2 is 1.73 bits per heavy atom. The van der Waals surface area contributed by atoms with E-state index in [2.05, 4.69) is 4.74 Å². The highest BCUT2D eigenvalue weighted by molar-refractivity contribution is 5.93. The molecule has 82 valence electrons. The quantitative estimate of drug-likeness (QED) is 0.717. The first-order valence-corrected chi connectivity index (χ1v) is 4.14. The third-order valence-electron chi connectivity index (χ3n) is 1.88. The van der Waals surface area contributed by atoms with E-state index in [1.807, 2.05) is 0 Å². The number of methoxy groups -OCH3 is 3. The van der Waals surface area contributed by atoms with Gasteiger partial charge in [-0.05, 0) is 12.1 Å². The van der Waals surface area contributed by atoms with Gasteiger partial charge < -0.3 is 14.2 Å². The zero-order valence-corrected chi connectivity index (χ0v) is 8.67. The van der Waals surface area contributed by atoms with Gasteiger partial charge in [0.1, 0.15) is 5.56 Å². The number of hydrogen-bond acceptors (Lipinski definition) is 4. The fourth-order valence-corrected chi connectivity index (χ4v) is 1.20. The first-order chi connectivity index (χ1) is 7.15. The predicted octanol–water partition coefficient (Wildman–Crippen LogP) is 1.63. The molecular weight excluding hydrogens is 203 g/mol. The van der Waals surface area contributed by atoms with Gasteiger partial charge in [-0.3, -0.25) is 0 Å². The summed E-state index contributed by atoms with van der Waals surface area (Å²) in [5.41, 5.74) is 0.123. The summed E-state index contributed by atoms with van der Waals surface area (Å²) in [6, 6.07) is 2.40. The molecule has 0 spiro atoms. The summed E-state index contributed by atoms with van der Waals surface area (Å²) in [7, 11) is 3.85. The third-order valence-corrected chi connectivity index (χ3v) is 1.88. The fourth-order valence-electron chi connectivity index (χ4n) is 1.20. The molecule has 0 bridgehead atoms. The van der Waals surface area contributed by atoms with Crippen molar-refractivity contribution < 1.29 is 23.4 Å². The van der Waals surface area contributed by atoms with Crippen molar-refractivity contribution in [3.8, 4) is 11.5 Å². The van der Waals surface area contributed by atoms with Crippen molar-refractivity contribution in [2.75, 3.05) is 21.3 Å². The smallest absolute Gasteiger partial charge is 0.341 e. The molecule has 0 unspecified atom stereocenters. The van der Waals surface area contributed by atoms with E-state index in [1.54, 1.807) is 0 Å². The molecule has 15 heavy (non-hydrogen) atoms. The van der Waals surface area contributed by atoms with Crippen LogP contribution in [0.15, 0.2) is 12.1 Å². The van der Waals surface area contributed by atoms with Gasteiger partial charge in [-0.25, -0.2) is 9.18 Å². The van der Waals surface area contributed by atoms with Gasteiger partial charge >= 0.3 is 5.97 Å². The van der Waals surface area contributed by atoms with Gasteiger partial charge in [0.2, 0.25) is 0 Å². The highest BCUT2D eigenvalue weighted by Crippen LogP contribution is 2.33. The van der Waals surface area contributed by atoms with Crippen LogP contribution in [0.2, 0.25) is 0 Å². The molecule has 0 saturated carbocycles. The molecule has 0 aromatic heterocycles. The van der Waals surface area contributed by atoms with Crippen LogP contribution in [0.4, 0.5) is 4.39 Å². The molecular formula is C10H11FO4. The summed E-state index contributed by atoms with van der Waals surface area (Å²) in [6.07, 6.45) is 0. The Bertz CT molecular complexity index is 376. The SMILES string of the molecule is COC(=O)c1ccc(F)c(OC)c1OC. The summed E-state index contributed by atoms with van der Waals surface area (Å²) >= 11 is 0. The molecule has 0 radical (unpaired) electrons. The number of esters is 1. The Morgan fingerprint density at radius 3 is 2.20 bits per heavy atom. The molecule has 4 nitrogen and oxygen atoms in total. The molecule has 5 heteroatoms. The molecule has 1 aromatic carbocycles. The Labute approximate surface area is 86.6 Å². The van der Waals surface area contributed by atoms with Crippen LogP contribution in [0.25, 0.3) is 0 Å². The highest BCUT2D eigenvalue weighted by atomic mass is 19.1. The van der Waals surface area contributed by atoms with Gasteiger partial charge in [-0.15, -0.1) is 0 Å². The maximum absolute atomic E-state index is 13.2. The normalized spacial score (nSPS) is 9.60. The van der Waals surface area contributed by atoms with E-state index in [4.69, 9.17) is 9.47 Å². The van der Waals surface area contributed by atoms with Crippen LogP contribution >= 0.6 is 0 Å². The van der Waals surface area contributed by atoms with Crippen LogP contribution in [0.3, 0.4) is 0 Å². The van der Waals surface area contributed by atoms with E-state index in [0.717, 1.165) is 6.07 Å². The van der Waals surface area contributed by atoms with Crippen LogP contribution < -0.4 is 9.47 Å². The van der Waals surface area contributed by atoms with Gasteiger partial charge in [0, 0.05) is 0 Å². The third kappa shape index (κ3) is 2.01. The number of carbonyl (C=O) groups is 1. The molecule has 1 aromatic rings. The summed E-state index contributed by atoms with van der Waals surface area (Å²) in [5, 5.41) is 0. The van der Waals surface area contributed by atoms with Crippen LogP contribution in [0.1, 0.15) is 10.4 Å². The largest absolute Gasteiger partial charge is 0.492 e. The number of hydrogen-bond donors (Lipinski definition) is 0. The lowest BCUT2D eigenvalue weighted by molar-refractivity contribution is 0.0596. The summed E-state index contributed by atoms with van der Waals surface area (Å²) in [5.74, 6) is -1.28. The summed E-state index contributed by atoms with van der Waals surface area (Å²) in [6.45, 7) is 0. The Balaban J connectivity index is 3.35. The van der Waals surface area contributed by atoms with E-state index >= 15 is 0 Å². The van der Waals surface area contributed by atoms with Gasteiger partial charge in [0.15, 0.2) is 17.3 Å². The lowest BCUT2D eigenvalue weighted by Gasteiger charge is -2.11. The zero-order valence-electron chi connectivity index (χ0n) is 8.67. The molecule has 1 rings (SSSR count). The molecule has 0 aliphatic heterocycles. The summed E-state index contributed by atoms with van der Waals surface area (Å²) in [4.78, 5) is 11.3. The van der Waals surface area contributed by atoms with Gasteiger partial charge in [-0.1, -0.05) is 0 Å². The zero-order chi connectivity index (χ0) is 11.4. The van der Waals surface area contributed by atoms with Crippen molar-refractivity contribution in [1.29, 1.82) is 0 Å². The Hall–Kier alpha value is -1.78. The van der Waals surface area contributed by atoms with E-state index in [1.165, 1.54) is 27.4 Å². The van der Waals surface area contributed by atoms with Crippen LogP contribution in [-0.4, -0.2) is 27.3 Å². The standard InChI is InChI=1S/C10H11FO4/c1-13-8-6(10(12)15-3)4-5-7(11)9(8)14-2/h4-5H,1-3H3. The lowest BCUT2D eigenvalue weighted by atomic mass is 10.2. The second kappa shape index (κ2) is 4.63. The minimum absolute atomic E-state index is 0.0318. The maximum atomic E-state index is 13.2. The van der Waals surface area contributed by atoms with Crippen molar-refractivity contribution in [2.24, 2.45) is 0 Å². The van der Waals surface area contributed by atoms with Crippen molar-refractivity contribution in [3.63, 3.8) is 0 Å². The van der Waals surface area contributed by atoms with Crippen molar-refractivity contribution in [2.45, 2.75) is 0 Å². The molecule has 0 atom stereocenters. The Morgan fingerprint density at radius 1 is 1.13 bits per heavy atom. The van der Waals surface area contributed by atoms with E-state index < -0.39 is 11.8 Å². The van der Waals surface area contributed by atoms with Crippen molar-refractivity contribution in [1.82, 2.24) is 0 Å². The minimum Gasteiger partial charge on any atom is -0.492 e. The van der Waals surface area contributed by atoms with E-state index in [9.17, 15) is 9.18 Å². The second-order valence-corrected chi connectivity index (χ2v) is 2.65. The molecule has 0 fully saturated rings. The molecule has 0 amide bonds. The van der Waals surface area contributed by atoms with Gasteiger partial charge in [0.25, 0.3) is 0 Å². The number of halogens is 1. The van der Waals surface area contributed by atoms with E-state index in [-0.39, 0.29) is 17.1 Å². The molecule has 0 N–H and O–H groups in total. The number of benzene rings is 1. The van der Waals surface area contributed by atoms with Crippen molar-refractivity contribution >= 4 is 5.97 Å². The molecule has 0 saturated heterocycles. The highest BCUT2D eigenvalue weighted by Gasteiger charge is 2.20. The fraction of sp³-hybridized carbons (Fsp3) is 0.300. The lowest BCUT2D eigenvalue weighted by Crippen LogP contribution is -2.06. The number of carbonyl (C=O) groups excluding carboxylic acids is 1. The molecule has 0 aliphatic rings. The number of ether oxygens (including phenoxy) is 3. The predicted molar refractivity (Wildman–Crippen MR) is 50.8 cm³/mol. The van der Waals surface area contributed by atoms with E-state index in [0.29, 0.717) is 0 Å². The van der Waals surface area contributed by atoms with Gasteiger partial charge in [-0.2, -0.15) is 0 Å². The van der Waals surface area contributed by atoms with Crippen LogP contribution in [0.5, 0.6) is 11.5 Å². The van der Waals surface area contributed by atoms with Crippen molar-refractivity contribution in [3.05, 3.63) is 23.5 Å². The molecule has 0 aliphatic carbocycles. The Kier molecular flexibility index (Phi) is 3.49. The average molecular weight is 214 g/mol. The number of rotatable bonds is 3. The molecule has 0 heterocycles. The van der Waals surface area contributed by atoms with Crippen LogP contribution in [0, 0.1) is 5.82 Å². The van der Waals surface area contributed by atoms with Crippen LogP contribution in [-0.2, 0) is 4.74 Å². The maximum Gasteiger partial charge on any atom is 0.341 e. The first kappa shape index (κ1) is 11.3. The monoisotopic (exact) mass is 214 g/mol.